The van der Waals surface area contributed by atoms with Gasteiger partial charge in [-0.1, -0.05) is 60.7 Å². The van der Waals surface area contributed by atoms with Crippen LogP contribution in [0.4, 0.5) is 8.78 Å². The fourth-order valence-electron chi connectivity index (χ4n) is 2.77. The second kappa shape index (κ2) is 10.2. The molecule has 0 heterocycles. The molecule has 0 aliphatic rings. The Labute approximate surface area is 169 Å². The molecule has 0 saturated heterocycles. The van der Waals surface area contributed by atoms with Crippen LogP contribution < -0.4 is 9.47 Å². The maximum absolute atomic E-state index is 13.5. The van der Waals surface area contributed by atoms with Crippen LogP contribution in [0.15, 0.2) is 91.0 Å². The van der Waals surface area contributed by atoms with Gasteiger partial charge in [0.25, 0.3) is 6.43 Å². The fourth-order valence-corrected chi connectivity index (χ4v) is 2.77. The molecular weight excluding hydrogens is 370 g/mol. The van der Waals surface area contributed by atoms with Crippen LogP contribution in [0.5, 0.6) is 17.2 Å². The third kappa shape index (κ3) is 6.04. The van der Waals surface area contributed by atoms with Gasteiger partial charge in [0, 0.05) is 5.57 Å². The molecule has 29 heavy (non-hydrogen) atoms. The molecule has 0 unspecified atom stereocenters. The first-order valence-electron chi connectivity index (χ1n) is 9.38. The van der Waals surface area contributed by atoms with E-state index in [1.54, 1.807) is 36.4 Å². The van der Waals surface area contributed by atoms with Gasteiger partial charge < -0.3 is 9.47 Å². The highest BCUT2D eigenvalue weighted by Gasteiger charge is 2.12. The second-order valence-corrected chi connectivity index (χ2v) is 6.23. The maximum atomic E-state index is 13.5. The molecule has 0 aliphatic carbocycles. The van der Waals surface area contributed by atoms with E-state index in [4.69, 9.17) is 9.47 Å². The van der Waals surface area contributed by atoms with Gasteiger partial charge >= 0.3 is 0 Å². The summed E-state index contributed by atoms with van der Waals surface area (Å²) in [6, 6.07) is 23.6. The predicted molar refractivity (Wildman–Crippen MR) is 114 cm³/mol. The van der Waals surface area contributed by atoms with Crippen molar-refractivity contribution in [1.29, 1.82) is 0 Å². The van der Waals surface area contributed by atoms with Crippen molar-refractivity contribution in [2.24, 2.45) is 0 Å². The van der Waals surface area contributed by atoms with E-state index in [0.29, 0.717) is 23.7 Å². The van der Waals surface area contributed by atoms with Crippen molar-refractivity contribution in [1.82, 2.24) is 0 Å². The molecule has 3 aromatic rings. The Balaban J connectivity index is 1.74. The van der Waals surface area contributed by atoms with Crippen LogP contribution in [0.2, 0.25) is 0 Å². The molecule has 0 aromatic heterocycles. The zero-order valence-corrected chi connectivity index (χ0v) is 16.1. The summed E-state index contributed by atoms with van der Waals surface area (Å²) in [6.07, 6.45) is 2.25. The Bertz CT molecular complexity index is 962. The van der Waals surface area contributed by atoms with Crippen LogP contribution in [-0.2, 0) is 0 Å². The predicted octanol–water partition coefficient (Wildman–Crippen LogP) is 7.24. The molecule has 0 spiro atoms. The number of para-hydroxylation sites is 1. The highest BCUT2D eigenvalue weighted by Crippen LogP contribution is 2.25. The fraction of sp³-hybridized carbons (Fsp3) is 0.120. The average molecular weight is 392 g/mol. The zero-order chi connectivity index (χ0) is 20.5. The van der Waals surface area contributed by atoms with Gasteiger partial charge in [0.1, 0.15) is 17.2 Å². The van der Waals surface area contributed by atoms with Crippen molar-refractivity contribution >= 4 is 11.6 Å². The molecule has 0 atom stereocenters. The standard InChI is InChI=1S/C25H22F2O2/c1-2-28-21-16-14-20(15-17-21)24(25(26)27)13-7-9-19-8-6-12-23(18-19)29-22-10-4-3-5-11-22/h3-18,25H,2H2,1H3. The molecule has 0 fully saturated rings. The topological polar surface area (TPSA) is 18.5 Å². The van der Waals surface area contributed by atoms with E-state index in [0.717, 1.165) is 11.3 Å². The summed E-state index contributed by atoms with van der Waals surface area (Å²) in [7, 11) is 0. The Morgan fingerprint density at radius 1 is 0.862 bits per heavy atom. The van der Waals surface area contributed by atoms with Gasteiger partial charge in [-0.25, -0.2) is 8.78 Å². The van der Waals surface area contributed by atoms with Crippen molar-refractivity contribution in [2.75, 3.05) is 6.61 Å². The van der Waals surface area contributed by atoms with Crippen LogP contribution >= 0.6 is 0 Å². The molecule has 3 aromatic carbocycles. The first kappa shape index (κ1) is 20.3. The van der Waals surface area contributed by atoms with Gasteiger partial charge in [0.15, 0.2) is 0 Å². The Kier molecular flexibility index (Phi) is 7.17. The summed E-state index contributed by atoms with van der Waals surface area (Å²) in [5, 5.41) is 0. The zero-order valence-electron chi connectivity index (χ0n) is 16.1. The lowest BCUT2D eigenvalue weighted by Gasteiger charge is -2.08. The highest BCUT2D eigenvalue weighted by molar-refractivity contribution is 5.71. The molecule has 4 heteroatoms. The average Bonchev–Trinajstić information content (AvgIpc) is 2.73. The molecule has 3 rings (SSSR count). The number of hydrogen-bond acceptors (Lipinski definition) is 2. The smallest absolute Gasteiger partial charge is 0.264 e. The van der Waals surface area contributed by atoms with Crippen molar-refractivity contribution < 1.29 is 18.3 Å². The quantitative estimate of drug-likeness (QED) is 0.376. The molecule has 0 amide bonds. The SMILES string of the molecule is CCOc1ccc(C(=CC=Cc2cccc(Oc3ccccc3)c2)C(F)F)cc1. The second-order valence-electron chi connectivity index (χ2n) is 6.23. The van der Waals surface area contributed by atoms with E-state index in [1.165, 1.54) is 6.08 Å². The molecule has 0 aliphatic heterocycles. The highest BCUT2D eigenvalue weighted by atomic mass is 19.3. The van der Waals surface area contributed by atoms with E-state index >= 15 is 0 Å². The van der Waals surface area contributed by atoms with E-state index in [9.17, 15) is 8.78 Å². The summed E-state index contributed by atoms with van der Waals surface area (Å²) in [4.78, 5) is 0. The van der Waals surface area contributed by atoms with E-state index in [1.807, 2.05) is 61.5 Å². The van der Waals surface area contributed by atoms with E-state index in [2.05, 4.69) is 0 Å². The van der Waals surface area contributed by atoms with Crippen LogP contribution in [-0.4, -0.2) is 13.0 Å². The molecule has 0 radical (unpaired) electrons. The lowest BCUT2D eigenvalue weighted by molar-refractivity contribution is 0.215. The minimum atomic E-state index is -2.58. The first-order valence-corrected chi connectivity index (χ1v) is 9.38. The number of hydrogen-bond donors (Lipinski definition) is 0. The van der Waals surface area contributed by atoms with Gasteiger partial charge in [0.05, 0.1) is 6.61 Å². The van der Waals surface area contributed by atoms with Gasteiger partial charge in [-0.05, 0) is 54.4 Å². The van der Waals surface area contributed by atoms with Crippen LogP contribution in [0, 0.1) is 0 Å². The van der Waals surface area contributed by atoms with Crippen LogP contribution in [0.25, 0.3) is 11.6 Å². The molecule has 2 nitrogen and oxygen atoms in total. The minimum Gasteiger partial charge on any atom is -0.494 e. The summed E-state index contributed by atoms with van der Waals surface area (Å²) in [5.74, 6) is 2.09. The van der Waals surface area contributed by atoms with Gasteiger partial charge in [0.2, 0.25) is 0 Å². The van der Waals surface area contributed by atoms with Crippen LogP contribution in [0.1, 0.15) is 18.1 Å². The maximum Gasteiger partial charge on any atom is 0.264 e. The number of ether oxygens (including phenoxy) is 2. The van der Waals surface area contributed by atoms with Gasteiger partial charge in [-0.3, -0.25) is 0 Å². The first-order chi connectivity index (χ1) is 14.2. The molecule has 0 bridgehead atoms. The molecular formula is C25H22F2O2. The Morgan fingerprint density at radius 3 is 2.28 bits per heavy atom. The van der Waals surface area contributed by atoms with Crippen molar-refractivity contribution in [3.05, 3.63) is 102 Å². The normalized spacial score (nSPS) is 11.8. The lowest BCUT2D eigenvalue weighted by atomic mass is 10.1. The molecule has 0 N–H and O–H groups in total. The summed E-state index contributed by atoms with van der Waals surface area (Å²) in [5.41, 5.74) is 1.28. The van der Waals surface area contributed by atoms with Crippen molar-refractivity contribution in [3.8, 4) is 17.2 Å². The van der Waals surface area contributed by atoms with Gasteiger partial charge in [-0.2, -0.15) is 0 Å². The number of alkyl halides is 2. The van der Waals surface area contributed by atoms with Crippen molar-refractivity contribution in [2.45, 2.75) is 13.3 Å². The number of rotatable bonds is 8. The lowest BCUT2D eigenvalue weighted by Crippen LogP contribution is -1.97. The van der Waals surface area contributed by atoms with E-state index < -0.39 is 6.43 Å². The number of benzene rings is 3. The Hall–Kier alpha value is -3.40. The third-order valence-electron chi connectivity index (χ3n) is 4.14. The van der Waals surface area contributed by atoms with Crippen molar-refractivity contribution in [3.63, 3.8) is 0 Å². The molecule has 0 saturated carbocycles. The monoisotopic (exact) mass is 392 g/mol. The summed E-state index contributed by atoms with van der Waals surface area (Å²) < 4.78 is 38.2. The number of allylic oxidation sites excluding steroid dienone is 3. The van der Waals surface area contributed by atoms with Crippen LogP contribution in [0.3, 0.4) is 0 Å². The van der Waals surface area contributed by atoms with E-state index in [-0.39, 0.29) is 5.57 Å². The Morgan fingerprint density at radius 2 is 1.59 bits per heavy atom. The molecule has 148 valence electrons. The summed E-state index contributed by atoms with van der Waals surface area (Å²) >= 11 is 0. The third-order valence-corrected chi connectivity index (χ3v) is 4.14. The minimum absolute atomic E-state index is 0.0408. The van der Waals surface area contributed by atoms with Gasteiger partial charge in [-0.15, -0.1) is 0 Å². The largest absolute Gasteiger partial charge is 0.494 e. The number of halogens is 2. The summed E-state index contributed by atoms with van der Waals surface area (Å²) in [6.45, 7) is 2.41.